The van der Waals surface area contributed by atoms with E-state index >= 15 is 0 Å². The number of amides is 2. The Bertz CT molecular complexity index is 191. The Morgan fingerprint density at radius 2 is 2.25 bits per heavy atom. The first kappa shape index (κ1) is 7.86. The molecule has 0 aromatic rings. The summed E-state index contributed by atoms with van der Waals surface area (Å²) >= 11 is 0. The molecule has 12 heavy (non-hydrogen) atoms. The predicted octanol–water partition coefficient (Wildman–Crippen LogP) is 0.177. The maximum atomic E-state index is 10.7. The molecule has 2 fully saturated rings. The van der Waals surface area contributed by atoms with Gasteiger partial charge in [0.15, 0.2) is 0 Å². The van der Waals surface area contributed by atoms with E-state index in [1.165, 1.54) is 6.42 Å². The van der Waals surface area contributed by atoms with Crippen molar-refractivity contribution in [3.8, 4) is 0 Å². The van der Waals surface area contributed by atoms with Gasteiger partial charge in [0.25, 0.3) is 0 Å². The molecule has 2 saturated heterocycles. The van der Waals surface area contributed by atoms with Gasteiger partial charge in [0.1, 0.15) is 0 Å². The maximum Gasteiger partial charge on any atom is 0.314 e. The highest BCUT2D eigenvalue weighted by atomic mass is 16.5. The van der Waals surface area contributed by atoms with Gasteiger partial charge in [-0.3, -0.25) is 0 Å². The van der Waals surface area contributed by atoms with Gasteiger partial charge in [0.2, 0.25) is 0 Å². The number of likely N-dealkylation sites (tertiary alicyclic amines) is 1. The second kappa shape index (κ2) is 2.62. The first-order chi connectivity index (χ1) is 5.72. The fourth-order valence-corrected chi connectivity index (χ4v) is 2.08. The van der Waals surface area contributed by atoms with Crippen LogP contribution in [0.4, 0.5) is 4.79 Å². The molecule has 0 atom stereocenters. The van der Waals surface area contributed by atoms with E-state index in [4.69, 9.17) is 10.5 Å². The molecule has 0 aromatic carbocycles. The van der Waals surface area contributed by atoms with Crippen LogP contribution in [-0.4, -0.2) is 37.2 Å². The zero-order valence-corrected chi connectivity index (χ0v) is 7.08. The maximum absolute atomic E-state index is 10.7. The normalized spacial score (nSPS) is 26.8. The lowest BCUT2D eigenvalue weighted by molar-refractivity contribution is -0.0815. The average Bonchev–Trinajstić information content (AvgIpc) is 2.01. The molecule has 0 saturated carbocycles. The number of carbonyl (C=O) groups is 1. The summed E-state index contributed by atoms with van der Waals surface area (Å²) in [6.07, 6.45) is 2.30. The Hall–Kier alpha value is -0.770. The van der Waals surface area contributed by atoms with Crippen molar-refractivity contribution in [3.05, 3.63) is 0 Å². The van der Waals surface area contributed by atoms with E-state index in [0.29, 0.717) is 0 Å². The number of carbonyl (C=O) groups excluding carboxylic acids is 1. The summed E-state index contributed by atoms with van der Waals surface area (Å²) in [5.74, 6) is 0. The average molecular weight is 170 g/mol. The second-order valence-corrected chi connectivity index (χ2v) is 3.85. The Labute approximate surface area is 71.7 Å². The lowest BCUT2D eigenvalue weighted by atomic mass is 9.76. The number of urea groups is 1. The van der Waals surface area contributed by atoms with Gasteiger partial charge in [0.05, 0.1) is 6.61 Å². The van der Waals surface area contributed by atoms with Gasteiger partial charge in [-0.05, 0) is 12.8 Å². The quantitative estimate of drug-likeness (QED) is 0.563. The summed E-state index contributed by atoms with van der Waals surface area (Å²) in [5, 5.41) is 0. The number of ether oxygens (including phenoxy) is 1. The van der Waals surface area contributed by atoms with Gasteiger partial charge < -0.3 is 15.4 Å². The highest BCUT2D eigenvalue weighted by Crippen LogP contribution is 2.37. The summed E-state index contributed by atoms with van der Waals surface area (Å²) in [6.45, 7) is 3.26. The minimum atomic E-state index is -0.300. The fraction of sp³-hybridized carbons (Fsp3) is 0.875. The molecular formula is C8H14N2O2. The zero-order valence-electron chi connectivity index (χ0n) is 7.08. The number of nitrogens with zero attached hydrogens (tertiary/aromatic N) is 1. The van der Waals surface area contributed by atoms with Crippen molar-refractivity contribution in [2.24, 2.45) is 11.1 Å². The summed E-state index contributed by atoms with van der Waals surface area (Å²) < 4.78 is 5.38. The van der Waals surface area contributed by atoms with Crippen LogP contribution in [0.5, 0.6) is 0 Å². The molecule has 1 spiro atoms. The van der Waals surface area contributed by atoms with Gasteiger partial charge in [-0.15, -0.1) is 0 Å². The van der Waals surface area contributed by atoms with Crippen molar-refractivity contribution in [1.82, 2.24) is 4.90 Å². The van der Waals surface area contributed by atoms with Gasteiger partial charge in [-0.25, -0.2) is 4.79 Å². The molecule has 2 rings (SSSR count). The van der Waals surface area contributed by atoms with Gasteiger partial charge >= 0.3 is 6.03 Å². The van der Waals surface area contributed by atoms with Crippen molar-refractivity contribution in [2.45, 2.75) is 12.8 Å². The summed E-state index contributed by atoms with van der Waals surface area (Å²) in [6, 6.07) is -0.300. The molecule has 2 N–H and O–H groups in total. The molecule has 0 aromatic heterocycles. The van der Waals surface area contributed by atoms with Gasteiger partial charge in [-0.1, -0.05) is 0 Å². The van der Waals surface area contributed by atoms with Gasteiger partial charge in [0, 0.05) is 25.1 Å². The van der Waals surface area contributed by atoms with Crippen LogP contribution in [0.2, 0.25) is 0 Å². The third-order valence-corrected chi connectivity index (χ3v) is 2.77. The molecule has 2 amide bonds. The van der Waals surface area contributed by atoms with Crippen LogP contribution in [0.3, 0.4) is 0 Å². The third kappa shape index (κ3) is 1.16. The number of nitrogens with two attached hydrogens (primary N) is 1. The van der Waals surface area contributed by atoms with E-state index in [1.807, 2.05) is 0 Å². The molecule has 0 radical (unpaired) electrons. The monoisotopic (exact) mass is 170 g/mol. The van der Waals surface area contributed by atoms with E-state index in [1.54, 1.807) is 4.90 Å². The predicted molar refractivity (Wildman–Crippen MR) is 43.6 cm³/mol. The molecule has 0 unspecified atom stereocenters. The number of hydrogen-bond donors (Lipinski definition) is 1. The lowest BCUT2D eigenvalue weighted by Gasteiger charge is -2.51. The standard InChI is InChI=1S/C8H14N2O2/c9-7(11)10-4-8(5-10)2-1-3-12-6-8/h1-6H2,(H2,9,11). The molecule has 2 heterocycles. The molecule has 68 valence electrons. The van der Waals surface area contributed by atoms with E-state index in [-0.39, 0.29) is 11.4 Å². The van der Waals surface area contributed by atoms with Crippen LogP contribution < -0.4 is 5.73 Å². The molecule has 0 bridgehead atoms. The lowest BCUT2D eigenvalue weighted by Crippen LogP contribution is -2.62. The smallest absolute Gasteiger partial charge is 0.314 e. The molecule has 4 nitrogen and oxygen atoms in total. The van der Waals surface area contributed by atoms with Crippen LogP contribution in [0, 0.1) is 5.41 Å². The Morgan fingerprint density at radius 3 is 2.75 bits per heavy atom. The topological polar surface area (TPSA) is 55.6 Å². The van der Waals surface area contributed by atoms with E-state index in [2.05, 4.69) is 0 Å². The van der Waals surface area contributed by atoms with Crippen LogP contribution in [0.25, 0.3) is 0 Å². The minimum Gasteiger partial charge on any atom is -0.381 e. The van der Waals surface area contributed by atoms with Crippen LogP contribution >= 0.6 is 0 Å². The minimum absolute atomic E-state index is 0.257. The molecule has 4 heteroatoms. The van der Waals surface area contributed by atoms with Crippen molar-refractivity contribution in [2.75, 3.05) is 26.3 Å². The molecule has 2 aliphatic heterocycles. The van der Waals surface area contributed by atoms with Crippen LogP contribution in [-0.2, 0) is 4.74 Å². The Kier molecular flexibility index (Phi) is 1.72. The number of primary amides is 1. The zero-order chi connectivity index (χ0) is 8.60. The summed E-state index contributed by atoms with van der Waals surface area (Å²) in [7, 11) is 0. The number of rotatable bonds is 0. The first-order valence-corrected chi connectivity index (χ1v) is 4.34. The van der Waals surface area contributed by atoms with Gasteiger partial charge in [-0.2, -0.15) is 0 Å². The SMILES string of the molecule is NC(=O)N1CC2(CCCOC2)C1. The Morgan fingerprint density at radius 1 is 1.50 bits per heavy atom. The molecular weight excluding hydrogens is 156 g/mol. The molecule has 0 aliphatic carbocycles. The summed E-state index contributed by atoms with van der Waals surface area (Å²) in [4.78, 5) is 12.4. The summed E-state index contributed by atoms with van der Waals surface area (Å²) in [5.41, 5.74) is 5.39. The van der Waals surface area contributed by atoms with E-state index in [9.17, 15) is 4.79 Å². The Balaban J connectivity index is 1.88. The van der Waals surface area contributed by atoms with Crippen molar-refractivity contribution in [1.29, 1.82) is 0 Å². The second-order valence-electron chi connectivity index (χ2n) is 3.85. The largest absolute Gasteiger partial charge is 0.381 e. The van der Waals surface area contributed by atoms with E-state index < -0.39 is 0 Å². The van der Waals surface area contributed by atoms with Crippen LogP contribution in [0.1, 0.15) is 12.8 Å². The van der Waals surface area contributed by atoms with E-state index in [0.717, 1.165) is 32.7 Å². The highest BCUT2D eigenvalue weighted by molar-refractivity contribution is 5.73. The van der Waals surface area contributed by atoms with Crippen molar-refractivity contribution >= 4 is 6.03 Å². The highest BCUT2D eigenvalue weighted by Gasteiger charge is 2.45. The van der Waals surface area contributed by atoms with Crippen molar-refractivity contribution in [3.63, 3.8) is 0 Å². The van der Waals surface area contributed by atoms with Crippen LogP contribution in [0.15, 0.2) is 0 Å². The molecule has 2 aliphatic rings. The number of hydrogen-bond acceptors (Lipinski definition) is 2. The first-order valence-electron chi connectivity index (χ1n) is 4.34. The fourth-order valence-electron chi connectivity index (χ4n) is 2.08. The third-order valence-electron chi connectivity index (χ3n) is 2.77. The van der Waals surface area contributed by atoms with Crippen molar-refractivity contribution < 1.29 is 9.53 Å².